The van der Waals surface area contributed by atoms with E-state index in [1.54, 1.807) is 0 Å². The summed E-state index contributed by atoms with van der Waals surface area (Å²) in [6.45, 7) is 0. The van der Waals surface area contributed by atoms with Crippen molar-refractivity contribution in [2.45, 2.75) is 0 Å². The highest BCUT2D eigenvalue weighted by Gasteiger charge is 2.24. The van der Waals surface area contributed by atoms with Gasteiger partial charge in [0, 0.05) is 42.2 Å². The largest absolute Gasteiger partial charge is 0.308 e. The molecule has 0 aliphatic carbocycles. The average molecular weight is 795 g/mol. The van der Waals surface area contributed by atoms with Gasteiger partial charge in [0.1, 0.15) is 0 Å². The molecule has 0 amide bonds. The van der Waals surface area contributed by atoms with Crippen LogP contribution in [0.3, 0.4) is 0 Å². The molecule has 3 heteroatoms. The van der Waals surface area contributed by atoms with Gasteiger partial charge in [-0.05, 0) is 93.2 Å². The van der Waals surface area contributed by atoms with Crippen LogP contribution >= 0.6 is 11.3 Å². The lowest BCUT2D eigenvalue weighted by Gasteiger charge is -2.30. The minimum absolute atomic E-state index is 1.08. The van der Waals surface area contributed by atoms with Crippen LogP contribution in [-0.4, -0.2) is 4.57 Å². The normalized spacial score (nSPS) is 11.6. The quantitative estimate of drug-likeness (QED) is 0.156. The number of benzene rings is 10. The molecular weight excluding hydrogens is 757 g/mol. The Balaban J connectivity index is 1.08. The molecule has 0 aliphatic rings. The molecule has 0 radical (unpaired) electrons. The maximum atomic E-state index is 2.48. The van der Waals surface area contributed by atoms with Crippen LogP contribution in [-0.2, 0) is 0 Å². The first-order chi connectivity index (χ1) is 30.3. The van der Waals surface area contributed by atoms with Gasteiger partial charge in [0.25, 0.3) is 0 Å². The van der Waals surface area contributed by atoms with Crippen molar-refractivity contribution in [3.8, 4) is 39.1 Å². The molecule has 2 aromatic heterocycles. The Morgan fingerprint density at radius 3 is 1.72 bits per heavy atom. The third-order valence-corrected chi connectivity index (χ3v) is 13.3. The van der Waals surface area contributed by atoms with Gasteiger partial charge in [-0.1, -0.05) is 176 Å². The highest BCUT2D eigenvalue weighted by atomic mass is 32.1. The minimum Gasteiger partial charge on any atom is -0.308 e. The van der Waals surface area contributed by atoms with E-state index in [1.807, 2.05) is 11.3 Å². The number of aromatic nitrogens is 1. The summed E-state index contributed by atoms with van der Waals surface area (Å²) in [4.78, 5) is 2.48. The van der Waals surface area contributed by atoms with Gasteiger partial charge in [-0.2, -0.15) is 0 Å². The molecule has 2 nitrogen and oxygen atoms in total. The van der Waals surface area contributed by atoms with Gasteiger partial charge in [-0.3, -0.25) is 0 Å². The molecule has 0 aliphatic heterocycles. The molecule has 0 bridgehead atoms. The fraction of sp³-hybridized carbons (Fsp3) is 0. The van der Waals surface area contributed by atoms with E-state index in [9.17, 15) is 0 Å². The predicted molar refractivity (Wildman–Crippen MR) is 262 cm³/mol. The van der Waals surface area contributed by atoms with E-state index in [1.165, 1.54) is 80.6 Å². The molecule has 286 valence electrons. The Bertz CT molecular complexity index is 3550. The van der Waals surface area contributed by atoms with E-state index in [2.05, 4.69) is 240 Å². The van der Waals surface area contributed by atoms with Crippen molar-refractivity contribution >= 4 is 81.1 Å². The summed E-state index contributed by atoms with van der Waals surface area (Å²) in [5.41, 5.74) is 13.9. The monoisotopic (exact) mass is 794 g/mol. The van der Waals surface area contributed by atoms with Crippen molar-refractivity contribution in [2.24, 2.45) is 0 Å². The Kier molecular flexibility index (Phi) is 8.39. The Morgan fingerprint density at radius 1 is 0.344 bits per heavy atom. The molecule has 61 heavy (non-hydrogen) atoms. The number of hydrogen-bond acceptors (Lipinski definition) is 2. The SMILES string of the molecule is c1cc(-c2ccc(-c3cccc4ccccc34)cc2)cc(N(c2ccccc2-c2cccc3sc4ccccc4c23)c2ccccc2-n2c3ccccc3c3ccccc32)c1. The summed E-state index contributed by atoms with van der Waals surface area (Å²) in [6, 6.07) is 84.3. The molecule has 0 spiro atoms. The summed E-state index contributed by atoms with van der Waals surface area (Å²) >= 11 is 1.86. The summed E-state index contributed by atoms with van der Waals surface area (Å²) in [7, 11) is 0. The fourth-order valence-corrected chi connectivity index (χ4v) is 10.6. The van der Waals surface area contributed by atoms with E-state index in [0.717, 1.165) is 28.3 Å². The van der Waals surface area contributed by atoms with Gasteiger partial charge in [-0.25, -0.2) is 0 Å². The zero-order chi connectivity index (χ0) is 40.3. The molecule has 0 unspecified atom stereocenters. The van der Waals surface area contributed by atoms with Crippen molar-refractivity contribution in [3.63, 3.8) is 0 Å². The number of hydrogen-bond donors (Lipinski definition) is 0. The molecule has 0 saturated heterocycles. The highest BCUT2D eigenvalue weighted by molar-refractivity contribution is 7.25. The topological polar surface area (TPSA) is 8.17 Å². The highest BCUT2D eigenvalue weighted by Crippen LogP contribution is 2.48. The van der Waals surface area contributed by atoms with Crippen LogP contribution in [0.5, 0.6) is 0 Å². The Hall–Kier alpha value is -7.72. The Morgan fingerprint density at radius 2 is 0.902 bits per heavy atom. The van der Waals surface area contributed by atoms with Crippen LogP contribution in [0.4, 0.5) is 17.1 Å². The van der Waals surface area contributed by atoms with Crippen LogP contribution in [0.25, 0.3) is 91.8 Å². The molecule has 10 aromatic carbocycles. The number of rotatable bonds is 7. The van der Waals surface area contributed by atoms with Crippen molar-refractivity contribution in [3.05, 3.63) is 231 Å². The van der Waals surface area contributed by atoms with E-state index in [4.69, 9.17) is 0 Å². The van der Waals surface area contributed by atoms with E-state index >= 15 is 0 Å². The van der Waals surface area contributed by atoms with Gasteiger partial charge in [0.2, 0.25) is 0 Å². The first-order valence-corrected chi connectivity index (χ1v) is 21.7. The lowest BCUT2D eigenvalue weighted by Crippen LogP contribution is -2.14. The third-order valence-electron chi connectivity index (χ3n) is 12.2. The van der Waals surface area contributed by atoms with Crippen molar-refractivity contribution in [2.75, 3.05) is 4.90 Å². The van der Waals surface area contributed by atoms with Crippen LogP contribution < -0.4 is 4.90 Å². The van der Waals surface area contributed by atoms with Crippen LogP contribution in [0.2, 0.25) is 0 Å². The minimum atomic E-state index is 1.08. The second kappa shape index (κ2) is 14.5. The van der Waals surface area contributed by atoms with Crippen molar-refractivity contribution in [1.29, 1.82) is 0 Å². The molecule has 2 heterocycles. The smallest absolute Gasteiger partial charge is 0.0702 e. The van der Waals surface area contributed by atoms with Gasteiger partial charge >= 0.3 is 0 Å². The Labute approximate surface area is 358 Å². The molecule has 0 fully saturated rings. The number of para-hydroxylation sites is 5. The molecule has 12 rings (SSSR count). The summed E-state index contributed by atoms with van der Waals surface area (Å²) in [5, 5.41) is 7.59. The lowest BCUT2D eigenvalue weighted by atomic mass is 9.95. The van der Waals surface area contributed by atoms with Gasteiger partial charge in [-0.15, -0.1) is 11.3 Å². The zero-order valence-electron chi connectivity index (χ0n) is 33.2. The molecule has 12 aromatic rings. The van der Waals surface area contributed by atoms with Gasteiger partial charge in [0.15, 0.2) is 0 Å². The van der Waals surface area contributed by atoms with Crippen molar-refractivity contribution in [1.82, 2.24) is 4.57 Å². The van der Waals surface area contributed by atoms with Gasteiger partial charge in [0.05, 0.1) is 28.1 Å². The average Bonchev–Trinajstić information content (AvgIpc) is 3.88. The van der Waals surface area contributed by atoms with Crippen LogP contribution in [0.1, 0.15) is 0 Å². The number of nitrogens with zero attached hydrogens (tertiary/aromatic N) is 2. The summed E-state index contributed by atoms with van der Waals surface area (Å²) in [6.07, 6.45) is 0. The molecular formula is C58H38N2S. The first-order valence-electron chi connectivity index (χ1n) is 20.8. The van der Waals surface area contributed by atoms with Crippen molar-refractivity contribution < 1.29 is 0 Å². The summed E-state index contributed by atoms with van der Waals surface area (Å²) < 4.78 is 5.04. The number of thiophene rings is 1. The fourth-order valence-electron chi connectivity index (χ4n) is 9.47. The summed E-state index contributed by atoms with van der Waals surface area (Å²) in [5.74, 6) is 0. The van der Waals surface area contributed by atoms with E-state index < -0.39 is 0 Å². The maximum absolute atomic E-state index is 2.48. The standard InChI is InChI=1S/C58H38N2S/c1-2-20-44-40(16-1)17-14-25-45(44)41-36-34-39(35-37-41)42-18-13-19-43(38-42)59(51-27-7-5-23-48(51)49-26-15-33-57-58(49)50-24-6-12-32-56(50)61-57)54-30-10-11-31-55(54)60-52-28-8-3-21-46(52)47-22-4-9-29-53(47)60/h1-38H. The first kappa shape index (κ1) is 35.2. The second-order valence-corrected chi connectivity index (χ2v) is 16.7. The van der Waals surface area contributed by atoms with E-state index in [-0.39, 0.29) is 0 Å². The third kappa shape index (κ3) is 5.85. The van der Waals surface area contributed by atoms with Crippen LogP contribution in [0, 0.1) is 0 Å². The lowest BCUT2D eigenvalue weighted by molar-refractivity contribution is 1.15. The maximum Gasteiger partial charge on any atom is 0.0702 e. The zero-order valence-corrected chi connectivity index (χ0v) is 34.1. The number of anilines is 3. The molecule has 0 atom stereocenters. The molecule has 0 N–H and O–H groups in total. The second-order valence-electron chi connectivity index (χ2n) is 15.6. The number of fused-ring (bicyclic) bond motifs is 7. The van der Waals surface area contributed by atoms with E-state index in [0.29, 0.717) is 0 Å². The van der Waals surface area contributed by atoms with Crippen LogP contribution in [0.15, 0.2) is 231 Å². The predicted octanol–water partition coefficient (Wildman–Crippen LogP) is 16.8. The molecule has 0 saturated carbocycles. The van der Waals surface area contributed by atoms with Gasteiger partial charge < -0.3 is 9.47 Å².